The lowest BCUT2D eigenvalue weighted by molar-refractivity contribution is -0.392. The van der Waals surface area contributed by atoms with Crippen molar-refractivity contribution in [1.29, 1.82) is 0 Å². The van der Waals surface area contributed by atoms with E-state index < -0.39 is 28.5 Å². The smallest absolute Gasteiger partial charge is 0.411 e. The van der Waals surface area contributed by atoms with E-state index in [1.54, 1.807) is 0 Å². The summed E-state index contributed by atoms with van der Waals surface area (Å²) in [5.41, 5.74) is 4.96. The molecule has 3 aromatic carbocycles. The summed E-state index contributed by atoms with van der Waals surface area (Å²) < 4.78 is 6.52. The number of ether oxygens (including phenoxy) is 1. The zero-order chi connectivity index (χ0) is 31.1. The zero-order valence-electron chi connectivity index (χ0n) is 22.9. The molecular formula is C30H20N8O6S. The van der Waals surface area contributed by atoms with E-state index in [9.17, 15) is 24.8 Å². The molecule has 1 aliphatic carbocycles. The van der Waals surface area contributed by atoms with Gasteiger partial charge in [-0.3, -0.25) is 10.1 Å². The molecule has 3 N–H and O–H groups in total. The van der Waals surface area contributed by atoms with Gasteiger partial charge in [0.1, 0.15) is 29.2 Å². The van der Waals surface area contributed by atoms with E-state index in [1.807, 2.05) is 48.5 Å². The van der Waals surface area contributed by atoms with Crippen molar-refractivity contribution in [1.82, 2.24) is 29.5 Å². The molecule has 45 heavy (non-hydrogen) atoms. The van der Waals surface area contributed by atoms with Crippen molar-refractivity contribution in [3.63, 3.8) is 0 Å². The number of phenols is 1. The number of H-pyrrole nitrogens is 1. The number of aromatic nitrogens is 6. The first-order chi connectivity index (χ1) is 21.9. The van der Waals surface area contributed by atoms with Crippen molar-refractivity contribution in [2.75, 3.05) is 11.9 Å². The Morgan fingerprint density at radius 3 is 2.49 bits per heavy atom. The molecule has 0 aliphatic heterocycles. The van der Waals surface area contributed by atoms with Gasteiger partial charge in [0.05, 0.1) is 11.9 Å². The van der Waals surface area contributed by atoms with Gasteiger partial charge in [-0.1, -0.05) is 48.5 Å². The van der Waals surface area contributed by atoms with Crippen molar-refractivity contribution in [3.8, 4) is 16.9 Å². The number of amides is 1. The Morgan fingerprint density at radius 1 is 1.02 bits per heavy atom. The molecule has 7 rings (SSSR count). The van der Waals surface area contributed by atoms with Gasteiger partial charge in [-0.05, 0) is 62.1 Å². The fraction of sp³-hybridized carbons (Fsp3) is 0.0667. The van der Waals surface area contributed by atoms with Crippen LogP contribution in [0.5, 0.6) is 5.75 Å². The van der Waals surface area contributed by atoms with Crippen LogP contribution in [0.1, 0.15) is 27.4 Å². The number of carbonyl (C=O) groups excluding carboxylic acids is 2. The summed E-state index contributed by atoms with van der Waals surface area (Å²) in [5, 5.41) is 25.0. The number of benzene rings is 3. The molecule has 0 saturated carbocycles. The Kier molecular flexibility index (Phi) is 6.90. The summed E-state index contributed by atoms with van der Waals surface area (Å²) in [5.74, 6) is -1.98. The van der Waals surface area contributed by atoms with Gasteiger partial charge in [-0.15, -0.1) is 0 Å². The number of fused-ring (bicyclic) bond motifs is 4. The van der Waals surface area contributed by atoms with Gasteiger partial charge >= 0.3 is 11.9 Å². The Morgan fingerprint density at radius 2 is 1.76 bits per heavy atom. The van der Waals surface area contributed by atoms with Crippen LogP contribution < -0.4 is 5.32 Å². The van der Waals surface area contributed by atoms with E-state index in [1.165, 1.54) is 30.9 Å². The number of aromatic amines is 1. The summed E-state index contributed by atoms with van der Waals surface area (Å²) in [6.07, 6.45) is 2.86. The van der Waals surface area contributed by atoms with Crippen molar-refractivity contribution in [2.45, 2.75) is 16.0 Å². The van der Waals surface area contributed by atoms with E-state index in [0.717, 1.165) is 44.9 Å². The minimum Gasteiger partial charge on any atom is -0.507 e. The Hall–Kier alpha value is -6.09. The van der Waals surface area contributed by atoms with Crippen molar-refractivity contribution >= 4 is 46.4 Å². The van der Waals surface area contributed by atoms with Crippen LogP contribution in [0.4, 0.5) is 16.3 Å². The molecule has 1 amide bonds. The fourth-order valence-electron chi connectivity index (χ4n) is 5.27. The number of phenolic OH excluding ortho intramolecular Hbond substituents is 1. The van der Waals surface area contributed by atoms with Crippen molar-refractivity contribution in [2.24, 2.45) is 0 Å². The second-order valence-electron chi connectivity index (χ2n) is 9.87. The number of anilines is 1. The highest BCUT2D eigenvalue weighted by molar-refractivity contribution is 7.99. The van der Waals surface area contributed by atoms with Crippen LogP contribution in [0.2, 0.25) is 0 Å². The number of carbonyl (C=O) groups is 2. The lowest BCUT2D eigenvalue weighted by atomic mass is 9.98. The minimum absolute atomic E-state index is 0.0790. The summed E-state index contributed by atoms with van der Waals surface area (Å²) in [7, 11) is 0. The highest BCUT2D eigenvalue weighted by Crippen LogP contribution is 2.44. The molecule has 0 atom stereocenters. The predicted octanol–water partition coefficient (Wildman–Crippen LogP) is 5.36. The average molecular weight is 621 g/mol. The van der Waals surface area contributed by atoms with Gasteiger partial charge in [-0.25, -0.2) is 24.3 Å². The standard InChI is InChI=1S/C30H20N8O6S/c39-23-10-9-16(36-30(41)44-12-22-19-7-3-1-5-17(19)18-6-2-4-8-20(18)22)11-21(23)28(40)37-15-35-26(38(42)43)29(37)45-27-24-25(32-13-31-24)33-14-34-27/h1-11,13-15,22,39H,12H2,(H,36,41)(H,31,32,33,34). The first-order valence-corrected chi connectivity index (χ1v) is 14.2. The van der Waals surface area contributed by atoms with Gasteiger partial charge in [0.2, 0.25) is 6.33 Å². The largest absolute Gasteiger partial charge is 0.507 e. The van der Waals surface area contributed by atoms with Crippen molar-refractivity contribution < 1.29 is 24.4 Å². The maximum absolute atomic E-state index is 13.6. The second kappa shape index (κ2) is 11.2. The van der Waals surface area contributed by atoms with E-state index in [2.05, 4.69) is 30.2 Å². The normalized spacial score (nSPS) is 12.1. The number of rotatable bonds is 7. The number of hydrogen-bond donors (Lipinski definition) is 3. The second-order valence-corrected chi connectivity index (χ2v) is 10.8. The number of aromatic hydroxyl groups is 1. The molecule has 6 aromatic rings. The fourth-order valence-corrected chi connectivity index (χ4v) is 6.25. The Labute approximate surface area is 257 Å². The number of nitrogens with one attached hydrogen (secondary N) is 2. The quantitative estimate of drug-likeness (QED) is 0.0900. The first-order valence-electron chi connectivity index (χ1n) is 13.4. The van der Waals surface area contributed by atoms with Crippen LogP contribution >= 0.6 is 11.8 Å². The summed E-state index contributed by atoms with van der Waals surface area (Å²) in [6.45, 7) is 0.0790. The highest BCUT2D eigenvalue weighted by Gasteiger charge is 2.31. The topological polar surface area (TPSA) is 191 Å². The molecule has 0 saturated heterocycles. The van der Waals surface area contributed by atoms with Gasteiger partial charge in [-0.2, -0.15) is 0 Å². The van der Waals surface area contributed by atoms with Gasteiger partial charge in [0.15, 0.2) is 10.7 Å². The third-order valence-electron chi connectivity index (χ3n) is 7.30. The van der Waals surface area contributed by atoms with Crippen LogP contribution in [0.25, 0.3) is 22.3 Å². The lowest BCUT2D eigenvalue weighted by Gasteiger charge is -2.15. The summed E-state index contributed by atoms with van der Waals surface area (Å²) in [6, 6.07) is 19.8. The minimum atomic E-state index is -0.832. The molecule has 3 aromatic heterocycles. The number of nitro groups is 1. The SMILES string of the molecule is O=C(Nc1ccc(O)c(C(=O)n2cnc([N+](=O)[O-])c2Sc2ncnc3nc[nH]c23)c1)OCC1c2ccccc2-c2ccccc21. The molecule has 222 valence electrons. The zero-order valence-corrected chi connectivity index (χ0v) is 23.8. The molecule has 0 unspecified atom stereocenters. The molecule has 14 nitrogen and oxygen atoms in total. The molecule has 1 aliphatic rings. The lowest BCUT2D eigenvalue weighted by Crippen LogP contribution is -2.18. The monoisotopic (exact) mass is 620 g/mol. The number of imidazole rings is 2. The summed E-state index contributed by atoms with van der Waals surface area (Å²) in [4.78, 5) is 56.4. The van der Waals surface area contributed by atoms with Crippen LogP contribution in [0.3, 0.4) is 0 Å². The highest BCUT2D eigenvalue weighted by atomic mass is 32.2. The molecule has 0 spiro atoms. The van der Waals surface area contributed by atoms with E-state index >= 15 is 0 Å². The molecule has 0 bridgehead atoms. The summed E-state index contributed by atoms with van der Waals surface area (Å²) >= 11 is 0.807. The average Bonchev–Trinajstić information content (AvgIpc) is 3.77. The first kappa shape index (κ1) is 27.7. The molecule has 0 radical (unpaired) electrons. The number of nitrogens with zero attached hydrogens (tertiary/aromatic N) is 6. The molecule has 3 heterocycles. The third-order valence-corrected chi connectivity index (χ3v) is 8.37. The van der Waals surface area contributed by atoms with Crippen LogP contribution in [-0.2, 0) is 4.74 Å². The Balaban J connectivity index is 1.11. The van der Waals surface area contributed by atoms with E-state index in [4.69, 9.17) is 4.74 Å². The number of hydrogen-bond acceptors (Lipinski definition) is 11. The molecule has 0 fully saturated rings. The van der Waals surface area contributed by atoms with Crippen LogP contribution in [0, 0.1) is 10.1 Å². The van der Waals surface area contributed by atoms with Crippen LogP contribution in [0.15, 0.2) is 95.8 Å². The maximum Gasteiger partial charge on any atom is 0.411 e. The van der Waals surface area contributed by atoms with E-state index in [0.29, 0.717) is 11.2 Å². The molecule has 15 heteroatoms. The van der Waals surface area contributed by atoms with E-state index in [-0.39, 0.29) is 33.8 Å². The third kappa shape index (κ3) is 5.00. The Bertz CT molecular complexity index is 2100. The maximum atomic E-state index is 13.6. The van der Waals surface area contributed by atoms with Crippen LogP contribution in [-0.4, -0.2) is 58.1 Å². The van der Waals surface area contributed by atoms with Gasteiger partial charge in [0.25, 0.3) is 5.91 Å². The molecular weight excluding hydrogens is 600 g/mol. The van der Waals surface area contributed by atoms with Crippen molar-refractivity contribution in [3.05, 3.63) is 113 Å². The van der Waals surface area contributed by atoms with Gasteiger partial charge in [0, 0.05) is 11.6 Å². The van der Waals surface area contributed by atoms with Gasteiger partial charge < -0.3 is 24.9 Å². The predicted molar refractivity (Wildman–Crippen MR) is 161 cm³/mol.